The van der Waals surface area contributed by atoms with Crippen molar-refractivity contribution in [2.24, 2.45) is 11.7 Å². The van der Waals surface area contributed by atoms with Gasteiger partial charge < -0.3 is 20.1 Å². The van der Waals surface area contributed by atoms with Crippen molar-refractivity contribution in [3.8, 4) is 17.0 Å². The van der Waals surface area contributed by atoms with Crippen LogP contribution in [0.15, 0.2) is 24.4 Å². The highest BCUT2D eigenvalue weighted by molar-refractivity contribution is 6.36. The highest BCUT2D eigenvalue weighted by Gasteiger charge is 2.33. The number of pyridine rings is 1. The molecular formula is C22H23Cl2N3O3. The molecule has 0 bridgehead atoms. The van der Waals surface area contributed by atoms with Crippen molar-refractivity contribution in [3.05, 3.63) is 45.7 Å². The molecule has 0 spiro atoms. The molecule has 0 saturated heterocycles. The summed E-state index contributed by atoms with van der Waals surface area (Å²) in [6.45, 7) is 2.15. The lowest BCUT2D eigenvalue weighted by molar-refractivity contribution is -0.145. The number of hydrogen-bond donors (Lipinski definition) is 2. The van der Waals surface area contributed by atoms with Gasteiger partial charge in [0.05, 0.1) is 23.9 Å². The van der Waals surface area contributed by atoms with Gasteiger partial charge in [-0.1, -0.05) is 29.3 Å². The summed E-state index contributed by atoms with van der Waals surface area (Å²) >= 11 is 12.6. The molecule has 2 aromatic heterocycles. The number of nitrogens with two attached hydrogens (primary N) is 1. The summed E-state index contributed by atoms with van der Waals surface area (Å²) < 4.78 is 6.70. The van der Waals surface area contributed by atoms with Gasteiger partial charge in [-0.25, -0.2) is 0 Å². The number of hydrogen-bond acceptors (Lipinski definition) is 5. The Morgan fingerprint density at radius 1 is 1.37 bits per heavy atom. The Morgan fingerprint density at radius 2 is 2.13 bits per heavy atom. The van der Waals surface area contributed by atoms with Gasteiger partial charge in [0, 0.05) is 45.6 Å². The number of methoxy groups -OCH3 is 1. The van der Waals surface area contributed by atoms with Crippen LogP contribution >= 0.6 is 23.2 Å². The van der Waals surface area contributed by atoms with Crippen LogP contribution < -0.4 is 5.73 Å². The summed E-state index contributed by atoms with van der Waals surface area (Å²) in [6, 6.07) is 5.25. The lowest BCUT2D eigenvalue weighted by atomic mass is 9.95. The van der Waals surface area contributed by atoms with E-state index in [4.69, 9.17) is 33.7 Å². The summed E-state index contributed by atoms with van der Waals surface area (Å²) in [7, 11) is 1.40. The van der Waals surface area contributed by atoms with Gasteiger partial charge in [0.1, 0.15) is 0 Å². The van der Waals surface area contributed by atoms with E-state index in [0.717, 1.165) is 35.2 Å². The summed E-state index contributed by atoms with van der Waals surface area (Å²) in [5.74, 6) is -0.269. The zero-order valence-electron chi connectivity index (χ0n) is 16.8. The van der Waals surface area contributed by atoms with E-state index in [0.29, 0.717) is 27.4 Å². The minimum absolute atomic E-state index is 0.0153. The SMILES string of the molecule is COC(=O)[C@@H]1CC[C@H](n2cc3nc(C)c(CN)c(-c4ccc(Cl)cc4Cl)c3c2O)C1. The number of ether oxygens (including phenoxy) is 1. The summed E-state index contributed by atoms with van der Waals surface area (Å²) in [5.41, 5.74) is 9.82. The van der Waals surface area contributed by atoms with Crippen molar-refractivity contribution in [2.75, 3.05) is 7.11 Å². The summed E-state index contributed by atoms with van der Waals surface area (Å²) in [4.78, 5) is 16.6. The van der Waals surface area contributed by atoms with Crippen LogP contribution in [0.4, 0.5) is 0 Å². The van der Waals surface area contributed by atoms with Gasteiger partial charge in [0.2, 0.25) is 5.88 Å². The minimum Gasteiger partial charge on any atom is -0.494 e. The van der Waals surface area contributed by atoms with Crippen LogP contribution in [-0.4, -0.2) is 27.7 Å². The number of esters is 1. The standard InChI is InChI=1S/C22H23Cl2N3O3/c1-11-16(9-25)19(15-6-4-13(23)8-17(15)24)20-18(26-11)10-27(21(20)28)14-5-3-12(7-14)22(29)30-2/h4,6,8,10,12,14,28H,3,5,7,9,25H2,1-2H3/t12-,14+/m1/s1. The Labute approximate surface area is 184 Å². The fraction of sp³-hybridized carbons (Fsp3) is 0.364. The third-order valence-corrected chi connectivity index (χ3v) is 6.55. The van der Waals surface area contributed by atoms with Gasteiger partial charge in [0.25, 0.3) is 0 Å². The van der Waals surface area contributed by atoms with Gasteiger partial charge in [-0.05, 0) is 43.9 Å². The van der Waals surface area contributed by atoms with E-state index < -0.39 is 0 Å². The molecule has 2 heterocycles. The average molecular weight is 448 g/mol. The van der Waals surface area contributed by atoms with E-state index in [-0.39, 0.29) is 30.4 Å². The molecular weight excluding hydrogens is 425 g/mol. The van der Waals surface area contributed by atoms with E-state index in [9.17, 15) is 9.90 Å². The molecule has 6 nitrogen and oxygen atoms in total. The van der Waals surface area contributed by atoms with E-state index in [2.05, 4.69) is 4.98 Å². The second kappa shape index (κ2) is 8.10. The Morgan fingerprint density at radius 3 is 2.80 bits per heavy atom. The Kier molecular flexibility index (Phi) is 5.66. The molecule has 1 aliphatic carbocycles. The maximum absolute atomic E-state index is 11.9. The molecule has 1 aromatic carbocycles. The Bertz CT molecular complexity index is 1140. The van der Waals surface area contributed by atoms with Crippen molar-refractivity contribution in [1.29, 1.82) is 0 Å². The number of benzene rings is 1. The zero-order valence-corrected chi connectivity index (χ0v) is 18.3. The van der Waals surface area contributed by atoms with Crippen LogP contribution in [0, 0.1) is 12.8 Å². The van der Waals surface area contributed by atoms with Gasteiger partial charge in [0.15, 0.2) is 0 Å². The number of nitrogens with zero attached hydrogens (tertiary/aromatic N) is 2. The van der Waals surface area contributed by atoms with Gasteiger partial charge in [-0.3, -0.25) is 9.78 Å². The second-order valence-corrected chi connectivity index (χ2v) is 8.53. The number of fused-ring (bicyclic) bond motifs is 1. The number of aromatic hydroxyl groups is 1. The number of carbonyl (C=O) groups is 1. The van der Waals surface area contributed by atoms with Crippen LogP contribution in [-0.2, 0) is 16.1 Å². The largest absolute Gasteiger partial charge is 0.494 e. The topological polar surface area (TPSA) is 90.4 Å². The molecule has 158 valence electrons. The number of carbonyl (C=O) groups excluding carboxylic acids is 1. The molecule has 4 rings (SSSR count). The number of rotatable bonds is 4. The lowest BCUT2D eigenvalue weighted by Gasteiger charge is -2.16. The molecule has 1 saturated carbocycles. The first kappa shape index (κ1) is 21.0. The molecule has 3 N–H and O–H groups in total. The lowest BCUT2D eigenvalue weighted by Crippen LogP contribution is -2.13. The van der Waals surface area contributed by atoms with Crippen molar-refractivity contribution in [1.82, 2.24) is 9.55 Å². The fourth-order valence-electron chi connectivity index (χ4n) is 4.51. The highest BCUT2D eigenvalue weighted by Crippen LogP contribution is 2.45. The first-order valence-electron chi connectivity index (χ1n) is 9.82. The quantitative estimate of drug-likeness (QED) is 0.549. The molecule has 0 aliphatic heterocycles. The van der Waals surface area contributed by atoms with Crippen molar-refractivity contribution < 1.29 is 14.6 Å². The zero-order chi connectivity index (χ0) is 21.6. The summed E-state index contributed by atoms with van der Waals surface area (Å²) in [5, 5.41) is 12.8. The van der Waals surface area contributed by atoms with E-state index in [1.807, 2.05) is 23.8 Å². The number of halogens is 2. The number of aryl methyl sites for hydroxylation is 1. The Hall–Kier alpha value is -2.28. The first-order valence-corrected chi connectivity index (χ1v) is 10.6. The predicted molar refractivity (Wildman–Crippen MR) is 118 cm³/mol. The normalized spacial score (nSPS) is 18.8. The van der Waals surface area contributed by atoms with E-state index >= 15 is 0 Å². The smallest absolute Gasteiger partial charge is 0.308 e. The number of aromatic nitrogens is 2. The van der Waals surface area contributed by atoms with Crippen LogP contribution in [0.5, 0.6) is 5.88 Å². The van der Waals surface area contributed by atoms with E-state index in [1.54, 1.807) is 12.1 Å². The average Bonchev–Trinajstić information content (AvgIpc) is 3.31. The summed E-state index contributed by atoms with van der Waals surface area (Å²) in [6.07, 6.45) is 3.95. The van der Waals surface area contributed by atoms with Crippen LogP contribution in [0.3, 0.4) is 0 Å². The second-order valence-electron chi connectivity index (χ2n) is 7.69. The molecule has 2 atom stereocenters. The molecule has 0 unspecified atom stereocenters. The maximum atomic E-state index is 11.9. The third kappa shape index (κ3) is 3.43. The molecule has 1 aliphatic rings. The van der Waals surface area contributed by atoms with Gasteiger partial charge in [-0.2, -0.15) is 0 Å². The van der Waals surface area contributed by atoms with Crippen LogP contribution in [0.1, 0.15) is 36.6 Å². The Balaban J connectivity index is 1.90. The van der Waals surface area contributed by atoms with Crippen molar-refractivity contribution in [2.45, 2.75) is 38.8 Å². The fourth-order valence-corrected chi connectivity index (χ4v) is 5.02. The first-order chi connectivity index (χ1) is 14.3. The predicted octanol–water partition coefficient (Wildman–Crippen LogP) is 5.00. The molecule has 0 amide bonds. The van der Waals surface area contributed by atoms with Crippen molar-refractivity contribution in [3.63, 3.8) is 0 Å². The van der Waals surface area contributed by atoms with Crippen molar-refractivity contribution >= 4 is 40.1 Å². The minimum atomic E-state index is -0.207. The van der Waals surface area contributed by atoms with Gasteiger partial charge in [-0.15, -0.1) is 0 Å². The monoisotopic (exact) mass is 447 g/mol. The third-order valence-electron chi connectivity index (χ3n) is 6.00. The molecule has 1 fully saturated rings. The molecule has 8 heteroatoms. The molecule has 30 heavy (non-hydrogen) atoms. The van der Waals surface area contributed by atoms with Gasteiger partial charge >= 0.3 is 5.97 Å². The maximum Gasteiger partial charge on any atom is 0.308 e. The van der Waals surface area contributed by atoms with Crippen LogP contribution in [0.2, 0.25) is 10.0 Å². The molecule has 0 radical (unpaired) electrons. The van der Waals surface area contributed by atoms with E-state index in [1.165, 1.54) is 7.11 Å². The molecule has 3 aromatic rings. The van der Waals surface area contributed by atoms with Crippen LogP contribution in [0.25, 0.3) is 22.0 Å². The highest BCUT2D eigenvalue weighted by atomic mass is 35.5.